The van der Waals surface area contributed by atoms with Crippen molar-refractivity contribution < 1.29 is 24.2 Å². The molecule has 0 aromatic rings. The molecule has 172 valence electrons. The maximum atomic E-state index is 13.3. The quantitative estimate of drug-likeness (QED) is 0.496. The summed E-state index contributed by atoms with van der Waals surface area (Å²) in [4.78, 5) is 26.3. The van der Waals surface area contributed by atoms with Crippen LogP contribution < -0.4 is 5.32 Å². The minimum absolute atomic E-state index is 0.0690. The van der Waals surface area contributed by atoms with E-state index in [4.69, 9.17) is 9.47 Å². The lowest BCUT2D eigenvalue weighted by Crippen LogP contribution is -2.64. The van der Waals surface area contributed by atoms with Crippen LogP contribution in [0.5, 0.6) is 0 Å². The van der Waals surface area contributed by atoms with Gasteiger partial charge in [-0.3, -0.25) is 4.79 Å². The van der Waals surface area contributed by atoms with E-state index in [0.717, 1.165) is 31.1 Å². The van der Waals surface area contributed by atoms with E-state index in [2.05, 4.69) is 39.1 Å². The topological polar surface area (TPSA) is 84.9 Å². The molecule has 0 aromatic carbocycles. The number of nitrogens with one attached hydrogen (secondary N) is 1. The van der Waals surface area contributed by atoms with Crippen LogP contribution in [0.4, 0.5) is 0 Å². The van der Waals surface area contributed by atoms with Gasteiger partial charge < -0.3 is 24.7 Å². The summed E-state index contributed by atoms with van der Waals surface area (Å²) in [5.41, 5.74) is -1.61. The van der Waals surface area contributed by atoms with Crippen LogP contribution in [0.1, 0.15) is 53.4 Å². The molecule has 0 spiro atoms. The van der Waals surface area contributed by atoms with Crippen LogP contribution in [0.2, 0.25) is 0 Å². The lowest BCUT2D eigenvalue weighted by atomic mass is 9.43. The molecule has 31 heavy (non-hydrogen) atoms. The van der Waals surface area contributed by atoms with E-state index < -0.39 is 22.2 Å². The SMILES string of the molecule is CC(C)C1=CC2CC3(C=O)[C@@H]4CC[C@@H](C)[C@H]4CC2(CO[C@H]2CN[C@H](C)CO2)[C@]13C(=O)O. The van der Waals surface area contributed by atoms with Crippen LogP contribution in [0.3, 0.4) is 0 Å². The maximum Gasteiger partial charge on any atom is 0.315 e. The molecule has 2 N–H and O–H groups in total. The molecule has 5 rings (SSSR count). The summed E-state index contributed by atoms with van der Waals surface area (Å²) in [5, 5.41) is 14.3. The Labute approximate surface area is 185 Å². The molecule has 0 aromatic heterocycles. The van der Waals surface area contributed by atoms with Gasteiger partial charge in [0.25, 0.3) is 0 Å². The van der Waals surface area contributed by atoms with Gasteiger partial charge in [-0.15, -0.1) is 0 Å². The van der Waals surface area contributed by atoms with Crippen molar-refractivity contribution in [3.63, 3.8) is 0 Å². The van der Waals surface area contributed by atoms with Crippen LogP contribution >= 0.6 is 0 Å². The van der Waals surface area contributed by atoms with Gasteiger partial charge in [0.05, 0.1) is 18.6 Å². The molecule has 6 heteroatoms. The Kier molecular flexibility index (Phi) is 4.97. The summed E-state index contributed by atoms with van der Waals surface area (Å²) < 4.78 is 12.2. The number of aliphatic carboxylic acids is 1. The molecular weight excluding hydrogens is 394 g/mol. The van der Waals surface area contributed by atoms with E-state index in [1.165, 1.54) is 0 Å². The average Bonchev–Trinajstić information content (AvgIpc) is 3.30. The smallest absolute Gasteiger partial charge is 0.315 e. The van der Waals surface area contributed by atoms with Gasteiger partial charge in [0.1, 0.15) is 11.7 Å². The largest absolute Gasteiger partial charge is 0.481 e. The second kappa shape index (κ2) is 7.13. The Morgan fingerprint density at radius 3 is 2.74 bits per heavy atom. The molecule has 4 aliphatic carbocycles. The molecule has 4 fully saturated rings. The number of carboxylic acid groups (broad SMARTS) is 1. The second-order valence-corrected chi connectivity index (χ2v) is 11.4. The number of carbonyl (C=O) groups excluding carboxylic acids is 1. The van der Waals surface area contributed by atoms with E-state index in [9.17, 15) is 14.7 Å². The molecule has 4 bridgehead atoms. The molecule has 1 aliphatic heterocycles. The molecule has 1 saturated heterocycles. The maximum absolute atomic E-state index is 13.3. The summed E-state index contributed by atoms with van der Waals surface area (Å²) in [6, 6.07) is 0.290. The second-order valence-electron chi connectivity index (χ2n) is 11.4. The number of aldehydes is 1. The van der Waals surface area contributed by atoms with Gasteiger partial charge in [0, 0.05) is 18.0 Å². The lowest BCUT2D eigenvalue weighted by Gasteiger charge is -2.58. The Morgan fingerprint density at radius 1 is 1.35 bits per heavy atom. The summed E-state index contributed by atoms with van der Waals surface area (Å²) in [7, 11) is 0. The number of hydrogen-bond donors (Lipinski definition) is 2. The first-order chi connectivity index (χ1) is 14.7. The Morgan fingerprint density at radius 2 is 2.13 bits per heavy atom. The van der Waals surface area contributed by atoms with Crippen molar-refractivity contribution in [3.8, 4) is 0 Å². The Hall–Kier alpha value is -1.24. The fourth-order valence-electron chi connectivity index (χ4n) is 8.65. The third-order valence-corrected chi connectivity index (χ3v) is 9.81. The van der Waals surface area contributed by atoms with Crippen molar-refractivity contribution in [3.05, 3.63) is 11.6 Å². The van der Waals surface area contributed by atoms with Crippen molar-refractivity contribution >= 4 is 12.3 Å². The highest BCUT2D eigenvalue weighted by molar-refractivity contribution is 5.90. The van der Waals surface area contributed by atoms with Crippen LogP contribution in [-0.2, 0) is 19.1 Å². The minimum Gasteiger partial charge on any atom is -0.481 e. The number of morpholine rings is 1. The standard InChI is InChI=1S/C25H37NO5/c1-14(2)20-7-17-8-23(12-27)19-6-5-15(3)18(19)9-24(17,25(20,23)22(28)29)13-31-21-10-26-16(4)11-30-21/h7,12,14-19,21,26H,5-6,8-11,13H2,1-4H3,(H,28,29)/t15-,16-,17?,18-,19-,21+,23?,24?,25+/m1/s1. The molecular formula is C25H37NO5. The Bertz CT molecular complexity index is 802. The zero-order valence-electron chi connectivity index (χ0n) is 19.2. The molecule has 9 atom stereocenters. The molecule has 6 nitrogen and oxygen atoms in total. The number of hydrogen-bond acceptors (Lipinski definition) is 5. The summed E-state index contributed by atoms with van der Waals surface area (Å²) in [6.07, 6.45) is 6.44. The van der Waals surface area contributed by atoms with Crippen molar-refractivity contribution in [2.45, 2.75) is 65.7 Å². The molecule has 1 heterocycles. The number of fused-ring (bicyclic) bond motifs is 2. The van der Waals surface area contributed by atoms with Gasteiger partial charge in [-0.1, -0.05) is 38.8 Å². The van der Waals surface area contributed by atoms with Crippen molar-refractivity contribution in [1.29, 1.82) is 0 Å². The lowest BCUT2D eigenvalue weighted by molar-refractivity contribution is -0.213. The van der Waals surface area contributed by atoms with Crippen LogP contribution in [-0.4, -0.2) is 49.5 Å². The number of carboxylic acids is 1. The normalized spacial score (nSPS) is 50.4. The number of allylic oxidation sites excluding steroid dienone is 1. The van der Waals surface area contributed by atoms with E-state index in [-0.39, 0.29) is 30.1 Å². The van der Waals surface area contributed by atoms with Crippen LogP contribution in [0, 0.1) is 45.8 Å². The molecule has 3 unspecified atom stereocenters. The predicted molar refractivity (Wildman–Crippen MR) is 115 cm³/mol. The highest BCUT2D eigenvalue weighted by atomic mass is 16.7. The molecule has 0 amide bonds. The van der Waals surface area contributed by atoms with Gasteiger partial charge in [0.2, 0.25) is 0 Å². The number of rotatable bonds is 6. The van der Waals surface area contributed by atoms with E-state index in [1.54, 1.807) is 0 Å². The first-order valence-electron chi connectivity index (χ1n) is 12.1. The first kappa shape index (κ1) is 21.6. The third-order valence-electron chi connectivity index (χ3n) is 9.81. The Balaban J connectivity index is 1.60. The zero-order chi connectivity index (χ0) is 22.2. The number of carbonyl (C=O) groups is 2. The summed E-state index contributed by atoms with van der Waals surface area (Å²) in [5.74, 6) is 0.394. The molecule has 3 saturated carbocycles. The fraction of sp³-hybridized carbons (Fsp3) is 0.840. The summed E-state index contributed by atoms with van der Waals surface area (Å²) >= 11 is 0. The van der Waals surface area contributed by atoms with E-state index in [1.807, 2.05) is 0 Å². The van der Waals surface area contributed by atoms with E-state index >= 15 is 0 Å². The van der Waals surface area contributed by atoms with E-state index in [0.29, 0.717) is 38.0 Å². The van der Waals surface area contributed by atoms with Crippen LogP contribution in [0.15, 0.2) is 11.6 Å². The predicted octanol–water partition coefficient (Wildman–Crippen LogP) is 3.26. The van der Waals surface area contributed by atoms with Crippen molar-refractivity contribution in [2.75, 3.05) is 19.8 Å². The van der Waals surface area contributed by atoms with Crippen LogP contribution in [0.25, 0.3) is 0 Å². The van der Waals surface area contributed by atoms with Gasteiger partial charge in [-0.25, -0.2) is 0 Å². The third kappa shape index (κ3) is 2.50. The monoisotopic (exact) mass is 431 g/mol. The highest BCUT2D eigenvalue weighted by Gasteiger charge is 2.84. The van der Waals surface area contributed by atoms with Gasteiger partial charge in [-0.05, 0) is 55.8 Å². The molecule has 5 aliphatic rings. The minimum atomic E-state index is -1.17. The highest BCUT2D eigenvalue weighted by Crippen LogP contribution is 2.82. The summed E-state index contributed by atoms with van der Waals surface area (Å²) in [6.45, 7) is 10.0. The average molecular weight is 432 g/mol. The number of ether oxygens (including phenoxy) is 2. The van der Waals surface area contributed by atoms with Gasteiger partial charge in [-0.2, -0.15) is 0 Å². The molecule has 0 radical (unpaired) electrons. The first-order valence-corrected chi connectivity index (χ1v) is 12.1. The van der Waals surface area contributed by atoms with Crippen molar-refractivity contribution in [2.24, 2.45) is 45.8 Å². The van der Waals surface area contributed by atoms with Gasteiger partial charge in [0.15, 0.2) is 6.29 Å². The van der Waals surface area contributed by atoms with Crippen molar-refractivity contribution in [1.82, 2.24) is 5.32 Å². The fourth-order valence-corrected chi connectivity index (χ4v) is 8.65. The zero-order valence-corrected chi connectivity index (χ0v) is 19.2. The van der Waals surface area contributed by atoms with Gasteiger partial charge >= 0.3 is 5.97 Å².